The summed E-state index contributed by atoms with van der Waals surface area (Å²) in [5.74, 6) is 0.815. The van der Waals surface area contributed by atoms with Gasteiger partial charge in [-0.05, 0) is 57.3 Å². The lowest BCUT2D eigenvalue weighted by molar-refractivity contribution is -0.123. The topological polar surface area (TPSA) is 32.3 Å². The minimum absolute atomic E-state index is 0.0197. The van der Waals surface area contributed by atoms with Crippen molar-refractivity contribution < 1.29 is 4.79 Å². The summed E-state index contributed by atoms with van der Waals surface area (Å²) in [5.41, 5.74) is 2.47. The van der Waals surface area contributed by atoms with Gasteiger partial charge in [-0.3, -0.25) is 4.79 Å². The van der Waals surface area contributed by atoms with E-state index in [0.29, 0.717) is 5.92 Å². The van der Waals surface area contributed by atoms with E-state index in [-0.39, 0.29) is 11.8 Å². The van der Waals surface area contributed by atoms with Crippen molar-refractivity contribution in [1.82, 2.24) is 10.2 Å². The van der Waals surface area contributed by atoms with Crippen molar-refractivity contribution in [2.75, 3.05) is 19.6 Å². The van der Waals surface area contributed by atoms with Gasteiger partial charge >= 0.3 is 0 Å². The van der Waals surface area contributed by atoms with Crippen LogP contribution < -0.4 is 5.32 Å². The second-order valence-electron chi connectivity index (χ2n) is 8.14. The first-order valence-corrected chi connectivity index (χ1v) is 10.7. The third-order valence-corrected chi connectivity index (χ3v) is 5.63. The van der Waals surface area contributed by atoms with Gasteiger partial charge in [0.25, 0.3) is 0 Å². The molecule has 0 bridgehead atoms. The summed E-state index contributed by atoms with van der Waals surface area (Å²) in [6.45, 7) is 9.88. The van der Waals surface area contributed by atoms with E-state index in [2.05, 4.69) is 35.4 Å². The Bertz CT molecular complexity index is 522. The molecule has 0 atom stereocenters. The minimum atomic E-state index is 0.0197. The highest BCUT2D eigenvalue weighted by atomic mass is 16.1. The molecular formula is C23H38N2O. The second-order valence-corrected chi connectivity index (χ2v) is 8.14. The third kappa shape index (κ3) is 7.11. The van der Waals surface area contributed by atoms with Gasteiger partial charge in [0.1, 0.15) is 0 Å². The van der Waals surface area contributed by atoms with Crippen molar-refractivity contribution in [2.24, 2.45) is 11.8 Å². The van der Waals surface area contributed by atoms with Crippen LogP contribution in [-0.4, -0.2) is 30.4 Å². The zero-order valence-corrected chi connectivity index (χ0v) is 17.1. The van der Waals surface area contributed by atoms with Crippen LogP contribution in [-0.2, 0) is 4.79 Å². The number of hydrogen-bond acceptors (Lipinski definition) is 2. The number of carbonyl (C=O) groups excluding carboxylic acids is 1. The van der Waals surface area contributed by atoms with Crippen LogP contribution in [0, 0.1) is 11.8 Å². The Balaban J connectivity index is 1.72. The second kappa shape index (κ2) is 11.4. The molecule has 1 saturated heterocycles. The van der Waals surface area contributed by atoms with Gasteiger partial charge in [0.15, 0.2) is 0 Å². The molecule has 26 heavy (non-hydrogen) atoms. The number of allylic oxidation sites excluding steroid dienone is 5. The lowest BCUT2D eigenvalue weighted by atomic mass is 9.87. The first-order chi connectivity index (χ1) is 12.6. The number of nitrogens with one attached hydrogen (secondary N) is 1. The Morgan fingerprint density at radius 2 is 1.92 bits per heavy atom. The molecule has 3 heteroatoms. The van der Waals surface area contributed by atoms with Gasteiger partial charge in [-0.15, -0.1) is 0 Å². The maximum atomic E-state index is 11.9. The number of rotatable bonds is 9. The molecule has 1 aliphatic heterocycles. The van der Waals surface area contributed by atoms with Crippen molar-refractivity contribution in [3.63, 3.8) is 0 Å². The van der Waals surface area contributed by atoms with Crippen molar-refractivity contribution in [3.05, 3.63) is 35.6 Å². The summed E-state index contributed by atoms with van der Waals surface area (Å²) < 4.78 is 0. The zero-order valence-electron chi connectivity index (χ0n) is 17.1. The molecule has 0 aromatic rings. The van der Waals surface area contributed by atoms with Gasteiger partial charge in [-0.25, -0.2) is 0 Å². The van der Waals surface area contributed by atoms with E-state index in [1.54, 1.807) is 0 Å². The van der Waals surface area contributed by atoms with Gasteiger partial charge in [0.05, 0.1) is 0 Å². The van der Waals surface area contributed by atoms with Gasteiger partial charge in [0, 0.05) is 11.6 Å². The van der Waals surface area contributed by atoms with Crippen LogP contribution in [0.15, 0.2) is 35.6 Å². The number of piperidine rings is 1. The predicted molar refractivity (Wildman–Crippen MR) is 111 cm³/mol. The van der Waals surface area contributed by atoms with E-state index in [1.165, 1.54) is 70.2 Å². The normalized spacial score (nSPS) is 19.2. The highest BCUT2D eigenvalue weighted by molar-refractivity contribution is 5.80. The van der Waals surface area contributed by atoms with E-state index in [1.807, 2.05) is 19.9 Å². The summed E-state index contributed by atoms with van der Waals surface area (Å²) in [7, 11) is 0. The van der Waals surface area contributed by atoms with Crippen molar-refractivity contribution in [2.45, 2.75) is 72.1 Å². The number of nitrogens with zero attached hydrogens (tertiary/aromatic N) is 1. The zero-order chi connectivity index (χ0) is 18.8. The number of amides is 1. The van der Waals surface area contributed by atoms with Crippen LogP contribution in [0.3, 0.4) is 0 Å². The van der Waals surface area contributed by atoms with Gasteiger partial charge in [0.2, 0.25) is 5.91 Å². The average Bonchev–Trinajstić information content (AvgIpc) is 2.87. The molecular weight excluding hydrogens is 320 g/mol. The van der Waals surface area contributed by atoms with E-state index >= 15 is 0 Å². The van der Waals surface area contributed by atoms with Crippen LogP contribution >= 0.6 is 0 Å². The van der Waals surface area contributed by atoms with E-state index < -0.39 is 0 Å². The maximum absolute atomic E-state index is 11.9. The molecule has 0 unspecified atom stereocenters. The molecule has 3 nitrogen and oxygen atoms in total. The molecule has 0 saturated carbocycles. The first kappa shape index (κ1) is 21.0. The Morgan fingerprint density at radius 1 is 1.19 bits per heavy atom. The molecule has 2 aliphatic rings. The van der Waals surface area contributed by atoms with Crippen molar-refractivity contribution in [1.29, 1.82) is 0 Å². The maximum Gasteiger partial charge on any atom is 0.226 e. The highest BCUT2D eigenvalue weighted by Crippen LogP contribution is 2.29. The predicted octanol–water partition coefficient (Wildman–Crippen LogP) is 5.21. The number of carbonyl (C=O) groups is 1. The van der Waals surface area contributed by atoms with Crippen LogP contribution in [0.1, 0.15) is 72.1 Å². The third-order valence-electron chi connectivity index (χ3n) is 5.63. The minimum Gasteiger partial charge on any atom is -0.326 e. The lowest BCUT2D eigenvalue weighted by Gasteiger charge is -2.33. The summed E-state index contributed by atoms with van der Waals surface area (Å²) in [6, 6.07) is 0. The molecule has 146 valence electrons. The molecule has 0 aromatic heterocycles. The Hall–Kier alpha value is -1.35. The molecule has 1 fully saturated rings. The molecule has 1 aliphatic carbocycles. The molecule has 2 rings (SSSR count). The largest absolute Gasteiger partial charge is 0.326 e. The van der Waals surface area contributed by atoms with E-state index in [0.717, 1.165) is 12.1 Å². The molecule has 1 heterocycles. The molecule has 1 N–H and O–H groups in total. The van der Waals surface area contributed by atoms with Gasteiger partial charge in [-0.1, -0.05) is 70.3 Å². The fourth-order valence-corrected chi connectivity index (χ4v) is 3.79. The lowest BCUT2D eigenvalue weighted by Crippen LogP contribution is -2.34. The average molecular weight is 359 g/mol. The molecule has 0 radical (unpaired) electrons. The quantitative estimate of drug-likeness (QED) is 0.574. The first-order valence-electron chi connectivity index (χ1n) is 10.7. The summed E-state index contributed by atoms with van der Waals surface area (Å²) in [4.78, 5) is 14.5. The van der Waals surface area contributed by atoms with Crippen LogP contribution in [0.5, 0.6) is 0 Å². The number of unbranched alkanes of at least 4 members (excludes halogenated alkanes) is 4. The van der Waals surface area contributed by atoms with E-state index in [9.17, 15) is 4.79 Å². The smallest absolute Gasteiger partial charge is 0.226 e. The van der Waals surface area contributed by atoms with E-state index in [4.69, 9.17) is 0 Å². The highest BCUT2D eigenvalue weighted by Gasteiger charge is 2.21. The van der Waals surface area contributed by atoms with Gasteiger partial charge < -0.3 is 10.2 Å². The van der Waals surface area contributed by atoms with Crippen molar-refractivity contribution in [3.8, 4) is 0 Å². The fourth-order valence-electron chi connectivity index (χ4n) is 3.79. The van der Waals surface area contributed by atoms with Crippen LogP contribution in [0.2, 0.25) is 0 Å². The monoisotopic (exact) mass is 358 g/mol. The summed E-state index contributed by atoms with van der Waals surface area (Å²) in [5, 5.41) is 3.02. The standard InChI is InChI=1S/C23H38N2O/c1-4-5-6-7-8-16-25-17-14-21(15-18-25)20-10-9-11-22(13-12-20)24-23(26)19(2)3/h9-11,13,19,21H,4-8,12,14-18H2,1-3H3,(H,24,26). The number of likely N-dealkylation sites (tertiary alicyclic amines) is 1. The SMILES string of the molecule is CCCCCCCN1CCC(C2=CC=CC(NC(=O)C(C)C)=CC2)CC1. The Kier molecular flexibility index (Phi) is 9.17. The van der Waals surface area contributed by atoms with Crippen LogP contribution in [0.25, 0.3) is 0 Å². The Labute approximate surface area is 160 Å². The van der Waals surface area contributed by atoms with Crippen LogP contribution in [0.4, 0.5) is 0 Å². The molecule has 1 amide bonds. The summed E-state index contributed by atoms with van der Waals surface area (Å²) in [6.07, 6.45) is 18.9. The molecule has 0 spiro atoms. The Morgan fingerprint density at radius 3 is 2.62 bits per heavy atom. The molecule has 0 aromatic carbocycles. The van der Waals surface area contributed by atoms with Gasteiger partial charge in [-0.2, -0.15) is 0 Å². The van der Waals surface area contributed by atoms with Crippen molar-refractivity contribution >= 4 is 5.91 Å². The number of hydrogen-bond donors (Lipinski definition) is 1. The summed E-state index contributed by atoms with van der Waals surface area (Å²) >= 11 is 0. The fraction of sp³-hybridized carbons (Fsp3) is 0.696.